The molecular weight excluding hydrogens is 492 g/mol. The van der Waals surface area contributed by atoms with Crippen LogP contribution in [0.15, 0.2) is 54.6 Å². The molecule has 8 nitrogen and oxygen atoms in total. The lowest BCUT2D eigenvalue weighted by Crippen LogP contribution is -2.55. The fourth-order valence-corrected chi connectivity index (χ4v) is 7.08. The second-order valence-corrected chi connectivity index (χ2v) is 11.3. The van der Waals surface area contributed by atoms with Gasteiger partial charge in [0.05, 0.1) is 37.8 Å². The summed E-state index contributed by atoms with van der Waals surface area (Å²) in [7, 11) is 0. The van der Waals surface area contributed by atoms with E-state index in [4.69, 9.17) is 4.74 Å². The van der Waals surface area contributed by atoms with Crippen molar-refractivity contribution in [1.82, 2.24) is 20.5 Å². The molecule has 1 unspecified atom stereocenters. The summed E-state index contributed by atoms with van der Waals surface area (Å²) in [6.07, 6.45) is 2.75. The van der Waals surface area contributed by atoms with Crippen molar-refractivity contribution in [2.45, 2.75) is 44.4 Å². The van der Waals surface area contributed by atoms with E-state index in [0.29, 0.717) is 32.1 Å². The first kappa shape index (κ1) is 26.0. The number of fused-ring (bicyclic) bond motifs is 6. The number of nitrogens with one attached hydrogen (secondary N) is 3. The number of hydrogen-bond donors (Lipinski definition) is 4. The van der Waals surface area contributed by atoms with Gasteiger partial charge in [-0.25, -0.2) is 0 Å². The van der Waals surface area contributed by atoms with Gasteiger partial charge in [0.2, 0.25) is 11.8 Å². The van der Waals surface area contributed by atoms with Crippen molar-refractivity contribution in [2.75, 3.05) is 32.8 Å². The van der Waals surface area contributed by atoms with Crippen LogP contribution in [0.25, 0.3) is 10.9 Å². The number of carbonyl (C=O) groups excluding carboxylic acids is 2. The number of ether oxygens (including phenoxy) is 1. The van der Waals surface area contributed by atoms with Crippen LogP contribution in [0, 0.1) is 17.8 Å². The Morgan fingerprint density at radius 1 is 1.05 bits per heavy atom. The SMILES string of the molecule is O=C(CNC(=O)C1[C@H]2C[C@H]3c4[nH]c5ccccc5c4CCN3C[C@@H]2CC[C@@H]1O)NCCOCc1ccccc1. The molecule has 206 valence electrons. The van der Waals surface area contributed by atoms with Crippen LogP contribution < -0.4 is 10.6 Å². The molecule has 39 heavy (non-hydrogen) atoms. The molecule has 8 heteroatoms. The average Bonchev–Trinajstić information content (AvgIpc) is 3.34. The van der Waals surface area contributed by atoms with Gasteiger partial charge in [-0.1, -0.05) is 48.5 Å². The second-order valence-electron chi connectivity index (χ2n) is 11.3. The van der Waals surface area contributed by atoms with Crippen LogP contribution in [0.5, 0.6) is 0 Å². The van der Waals surface area contributed by atoms with E-state index in [0.717, 1.165) is 37.9 Å². The van der Waals surface area contributed by atoms with Gasteiger partial charge < -0.3 is 25.5 Å². The van der Waals surface area contributed by atoms with E-state index in [9.17, 15) is 14.7 Å². The topological polar surface area (TPSA) is 107 Å². The predicted octanol–water partition coefficient (Wildman–Crippen LogP) is 2.92. The Kier molecular flexibility index (Phi) is 7.68. The third-order valence-corrected chi connectivity index (χ3v) is 8.95. The number of carbonyl (C=O) groups is 2. The molecule has 3 aliphatic rings. The largest absolute Gasteiger partial charge is 0.392 e. The van der Waals surface area contributed by atoms with Crippen molar-refractivity contribution >= 4 is 22.7 Å². The number of piperidine rings is 1. The van der Waals surface area contributed by atoms with Gasteiger partial charge in [0.1, 0.15) is 0 Å². The minimum Gasteiger partial charge on any atom is -0.392 e. The molecule has 0 spiro atoms. The van der Waals surface area contributed by atoms with Gasteiger partial charge in [0, 0.05) is 36.2 Å². The minimum atomic E-state index is -0.682. The number of H-pyrrole nitrogens is 1. The molecule has 5 atom stereocenters. The lowest BCUT2D eigenvalue weighted by molar-refractivity contribution is -0.140. The number of nitrogens with zero attached hydrogens (tertiary/aromatic N) is 1. The van der Waals surface area contributed by atoms with Gasteiger partial charge in [-0.3, -0.25) is 14.5 Å². The number of hydrogen-bond acceptors (Lipinski definition) is 5. The average molecular weight is 531 g/mol. The van der Waals surface area contributed by atoms with Crippen LogP contribution in [0.3, 0.4) is 0 Å². The highest BCUT2D eigenvalue weighted by Gasteiger charge is 2.49. The minimum absolute atomic E-state index is 0.0850. The van der Waals surface area contributed by atoms with Crippen LogP contribution in [0.4, 0.5) is 0 Å². The van der Waals surface area contributed by atoms with Crippen LogP contribution in [-0.4, -0.2) is 65.7 Å². The quantitative estimate of drug-likeness (QED) is 0.335. The first-order chi connectivity index (χ1) is 19.1. The van der Waals surface area contributed by atoms with Crippen molar-refractivity contribution < 1.29 is 19.4 Å². The molecule has 2 aliphatic heterocycles. The first-order valence-corrected chi connectivity index (χ1v) is 14.3. The van der Waals surface area contributed by atoms with Crippen LogP contribution in [0.1, 0.15) is 42.1 Å². The fraction of sp³-hybridized carbons (Fsp3) is 0.484. The Hall–Kier alpha value is -3.20. The molecule has 0 bridgehead atoms. The Labute approximate surface area is 229 Å². The van der Waals surface area contributed by atoms with Crippen LogP contribution >= 0.6 is 0 Å². The molecule has 3 aromatic rings. The lowest BCUT2D eigenvalue weighted by atomic mass is 9.64. The van der Waals surface area contributed by atoms with E-state index >= 15 is 0 Å². The van der Waals surface area contributed by atoms with Gasteiger partial charge >= 0.3 is 0 Å². The summed E-state index contributed by atoms with van der Waals surface area (Å²) in [6.45, 7) is 3.14. The molecule has 1 aromatic heterocycles. The maximum Gasteiger partial charge on any atom is 0.239 e. The maximum absolute atomic E-state index is 13.4. The molecule has 1 aliphatic carbocycles. The zero-order valence-electron chi connectivity index (χ0n) is 22.3. The summed E-state index contributed by atoms with van der Waals surface area (Å²) in [5.74, 6) is -0.501. The van der Waals surface area contributed by atoms with E-state index in [1.54, 1.807) is 0 Å². The molecule has 6 rings (SSSR count). The molecular formula is C31H38N4O4. The molecule has 3 heterocycles. The van der Waals surface area contributed by atoms with E-state index < -0.39 is 12.0 Å². The number of para-hydroxylation sites is 1. The smallest absolute Gasteiger partial charge is 0.239 e. The Morgan fingerprint density at radius 3 is 2.74 bits per heavy atom. The number of benzene rings is 2. The molecule has 4 N–H and O–H groups in total. The normalized spacial score (nSPS) is 26.3. The van der Waals surface area contributed by atoms with E-state index in [1.165, 1.54) is 22.2 Å². The highest BCUT2D eigenvalue weighted by atomic mass is 16.5. The van der Waals surface area contributed by atoms with E-state index in [2.05, 4.69) is 44.8 Å². The maximum atomic E-state index is 13.4. The molecule has 1 saturated carbocycles. The highest BCUT2D eigenvalue weighted by molar-refractivity contribution is 5.87. The predicted molar refractivity (Wildman–Crippen MR) is 149 cm³/mol. The standard InChI is InChI=1S/C31H38N4O4/c36-27-11-10-21-18-35-14-12-23-22-8-4-5-9-25(22)34-30(23)26(35)16-24(21)29(27)31(38)33-17-28(37)32-13-15-39-19-20-6-2-1-3-7-20/h1-9,21,24,26-27,29,34,36H,10-19H2,(H,32,37)(H,33,38)/t21-,24-,26-,27-,29?/m0/s1. The fourth-order valence-electron chi connectivity index (χ4n) is 7.08. The van der Waals surface area contributed by atoms with Crippen LogP contribution in [-0.2, 0) is 27.4 Å². The van der Waals surface area contributed by atoms with Gasteiger partial charge in [0.15, 0.2) is 0 Å². The highest BCUT2D eigenvalue weighted by Crippen LogP contribution is 2.49. The summed E-state index contributed by atoms with van der Waals surface area (Å²) in [5, 5.41) is 17.9. The Morgan fingerprint density at radius 2 is 1.87 bits per heavy atom. The zero-order chi connectivity index (χ0) is 26.8. The molecule has 2 fully saturated rings. The number of aliphatic hydroxyl groups excluding tert-OH is 1. The summed E-state index contributed by atoms with van der Waals surface area (Å²) < 4.78 is 5.61. The third-order valence-electron chi connectivity index (χ3n) is 8.95. The van der Waals surface area contributed by atoms with Crippen molar-refractivity contribution in [1.29, 1.82) is 0 Å². The lowest BCUT2D eigenvalue weighted by Gasteiger charge is -2.51. The van der Waals surface area contributed by atoms with Crippen molar-refractivity contribution in [3.8, 4) is 0 Å². The zero-order valence-corrected chi connectivity index (χ0v) is 22.3. The first-order valence-electron chi connectivity index (χ1n) is 14.3. The van der Waals surface area contributed by atoms with Crippen LogP contribution in [0.2, 0.25) is 0 Å². The number of aromatic amines is 1. The molecule has 1 saturated heterocycles. The summed E-state index contributed by atoms with van der Waals surface area (Å²) in [5.41, 5.74) is 4.92. The van der Waals surface area contributed by atoms with Gasteiger partial charge in [-0.15, -0.1) is 0 Å². The number of rotatable bonds is 8. The Balaban J connectivity index is 1.04. The van der Waals surface area contributed by atoms with Gasteiger partial charge in [0.25, 0.3) is 0 Å². The summed E-state index contributed by atoms with van der Waals surface area (Å²) in [4.78, 5) is 32.0. The molecule has 2 amide bonds. The number of aromatic nitrogens is 1. The summed E-state index contributed by atoms with van der Waals surface area (Å²) >= 11 is 0. The monoisotopic (exact) mass is 530 g/mol. The third kappa shape index (κ3) is 5.46. The van der Waals surface area contributed by atoms with Crippen molar-refractivity contribution in [3.63, 3.8) is 0 Å². The van der Waals surface area contributed by atoms with Gasteiger partial charge in [-0.05, 0) is 54.7 Å². The second kappa shape index (κ2) is 11.5. The van der Waals surface area contributed by atoms with Gasteiger partial charge in [-0.2, -0.15) is 0 Å². The number of aliphatic hydroxyl groups is 1. The van der Waals surface area contributed by atoms with Crippen molar-refractivity contribution in [3.05, 3.63) is 71.4 Å². The molecule has 2 aromatic carbocycles. The summed E-state index contributed by atoms with van der Waals surface area (Å²) in [6, 6.07) is 18.6. The molecule has 0 radical (unpaired) electrons. The number of amides is 2. The Bertz CT molecular complexity index is 1310. The van der Waals surface area contributed by atoms with Crippen molar-refractivity contribution in [2.24, 2.45) is 17.8 Å². The van der Waals surface area contributed by atoms with E-state index in [1.807, 2.05) is 30.3 Å². The van der Waals surface area contributed by atoms with E-state index in [-0.39, 0.29) is 30.3 Å².